The van der Waals surface area contributed by atoms with Crippen LogP contribution in [-0.2, 0) is 11.0 Å². The lowest BCUT2D eigenvalue weighted by Gasteiger charge is -2.41. The third kappa shape index (κ3) is 4.05. The Hall–Kier alpha value is -4.10. The molecule has 0 amide bonds. The number of benzene rings is 1. The summed E-state index contributed by atoms with van der Waals surface area (Å²) in [7, 11) is 0. The van der Waals surface area contributed by atoms with Gasteiger partial charge >= 0.3 is 0 Å². The van der Waals surface area contributed by atoms with Gasteiger partial charge in [-0.3, -0.25) is 0 Å². The average Bonchev–Trinajstić information content (AvgIpc) is 3.37. The molecule has 0 aliphatic heterocycles. The highest BCUT2D eigenvalue weighted by Gasteiger charge is 2.46. The molecule has 3 heterocycles. The number of hydrogen-bond donors (Lipinski definition) is 1. The number of fused-ring (bicyclic) bond motifs is 1. The van der Waals surface area contributed by atoms with E-state index in [4.69, 9.17) is 11.4 Å². The molecule has 0 spiro atoms. The zero-order chi connectivity index (χ0) is 26.5. The molecule has 37 heavy (non-hydrogen) atoms. The van der Waals surface area contributed by atoms with Crippen LogP contribution in [0.2, 0.25) is 0 Å². The Morgan fingerprint density at radius 3 is 2.54 bits per heavy atom. The summed E-state index contributed by atoms with van der Waals surface area (Å²) < 4.78 is 30.4. The van der Waals surface area contributed by atoms with E-state index in [1.54, 1.807) is 32.2 Å². The van der Waals surface area contributed by atoms with Crippen LogP contribution in [0.15, 0.2) is 42.9 Å². The number of hydrogen-bond acceptors (Lipinski definition) is 7. The van der Waals surface area contributed by atoms with Gasteiger partial charge in [0.2, 0.25) is 0 Å². The van der Waals surface area contributed by atoms with Gasteiger partial charge in [0.1, 0.15) is 23.6 Å². The third-order valence-corrected chi connectivity index (χ3v) is 7.10. The van der Waals surface area contributed by atoms with Crippen molar-refractivity contribution < 1.29 is 13.9 Å². The molecule has 1 aromatic carbocycles. The van der Waals surface area contributed by atoms with Gasteiger partial charge < -0.3 is 5.11 Å². The van der Waals surface area contributed by atoms with Crippen LogP contribution in [0.25, 0.3) is 17.2 Å². The monoisotopic (exact) mass is 501 g/mol. The lowest BCUT2D eigenvalue weighted by molar-refractivity contribution is 0.0688. The smallest absolute Gasteiger partial charge is 0.252 e. The Morgan fingerprint density at radius 1 is 1.16 bits per heavy atom. The van der Waals surface area contributed by atoms with Crippen molar-refractivity contribution in [1.82, 2.24) is 34.9 Å². The highest BCUT2D eigenvalue weighted by atomic mass is 19.1. The van der Waals surface area contributed by atoms with Crippen LogP contribution in [0.5, 0.6) is 0 Å². The van der Waals surface area contributed by atoms with E-state index in [1.807, 2.05) is 6.92 Å². The second-order valence-corrected chi connectivity index (χ2v) is 10.0. The normalized spacial score (nSPS) is 21.4. The summed E-state index contributed by atoms with van der Waals surface area (Å²) in [5, 5.41) is 23.2. The van der Waals surface area contributed by atoms with Crippen LogP contribution < -0.4 is 0 Å². The molecule has 3 atom stereocenters. The summed E-state index contributed by atoms with van der Waals surface area (Å²) in [4.78, 5) is 13.3. The van der Waals surface area contributed by atoms with Crippen molar-refractivity contribution in [2.24, 2.45) is 5.92 Å². The Bertz CT molecular complexity index is 1520. The van der Waals surface area contributed by atoms with Crippen molar-refractivity contribution in [3.63, 3.8) is 0 Å². The van der Waals surface area contributed by atoms with Gasteiger partial charge in [-0.15, -0.1) is 16.6 Å². The van der Waals surface area contributed by atoms with E-state index in [-0.39, 0.29) is 34.9 Å². The lowest BCUT2D eigenvalue weighted by Crippen LogP contribution is -2.40. The van der Waals surface area contributed by atoms with E-state index in [0.29, 0.717) is 23.4 Å². The number of terminal acetylenes is 1. The topological polar surface area (TPSA) is 102 Å². The largest absolute Gasteiger partial charge is 0.382 e. The predicted molar refractivity (Wildman–Crippen MR) is 131 cm³/mol. The van der Waals surface area contributed by atoms with Gasteiger partial charge in [-0.1, -0.05) is 18.9 Å². The second-order valence-electron chi connectivity index (χ2n) is 10.0. The maximum Gasteiger partial charge on any atom is 0.252 e. The minimum atomic E-state index is -1.22. The Balaban J connectivity index is 1.64. The standard InChI is InChI=1S/C27H25F2N7O/c1-6-16-12-15(2)27(5,21-10-11-30-25(32-21)36-14-31-24(35-36)26(3,4)37)23-17(16)13-20(33-34-23)22-18(28)8-7-9-19(22)29/h1,7-11,13-16,37H,12H2,2-5H3/t15?,16-,27-/m0/s1. The number of aliphatic hydroxyl groups is 1. The summed E-state index contributed by atoms with van der Waals surface area (Å²) in [6.07, 6.45) is 9.55. The molecular weight excluding hydrogens is 476 g/mol. The molecule has 0 bridgehead atoms. The highest BCUT2D eigenvalue weighted by molar-refractivity contribution is 5.62. The fraction of sp³-hybridized carbons (Fsp3) is 0.333. The highest BCUT2D eigenvalue weighted by Crippen LogP contribution is 2.49. The SMILES string of the molecule is C#C[C@H]1CC(C)[C@@](C)(c2ccnc(-n3cnc(C(C)(C)O)n3)n2)c2nnc(-c3c(F)cccc3F)cc21. The van der Waals surface area contributed by atoms with E-state index in [0.717, 1.165) is 0 Å². The molecule has 1 unspecified atom stereocenters. The minimum absolute atomic E-state index is 0.00294. The average molecular weight is 502 g/mol. The van der Waals surface area contributed by atoms with Crippen molar-refractivity contribution in [2.45, 2.75) is 51.0 Å². The summed E-state index contributed by atoms with van der Waals surface area (Å²) in [6.45, 7) is 7.24. The van der Waals surface area contributed by atoms with Gasteiger partial charge in [0.15, 0.2) is 5.82 Å². The maximum absolute atomic E-state index is 14.5. The van der Waals surface area contributed by atoms with Crippen LogP contribution in [-0.4, -0.2) is 40.0 Å². The zero-order valence-electron chi connectivity index (χ0n) is 20.8. The fourth-order valence-corrected chi connectivity index (χ4v) is 4.81. The van der Waals surface area contributed by atoms with Crippen LogP contribution in [0.4, 0.5) is 8.78 Å². The zero-order valence-corrected chi connectivity index (χ0v) is 20.8. The van der Waals surface area contributed by atoms with Gasteiger partial charge in [0.05, 0.1) is 28.1 Å². The summed E-state index contributed by atoms with van der Waals surface area (Å²) in [6, 6.07) is 7.09. The van der Waals surface area contributed by atoms with E-state index >= 15 is 0 Å². The predicted octanol–water partition coefficient (Wildman–Crippen LogP) is 4.08. The second kappa shape index (κ2) is 8.78. The Labute approximate surface area is 212 Å². The van der Waals surface area contributed by atoms with Crippen molar-refractivity contribution in [3.8, 4) is 29.5 Å². The first-order valence-corrected chi connectivity index (χ1v) is 11.8. The fourth-order valence-electron chi connectivity index (χ4n) is 4.81. The molecule has 1 aliphatic carbocycles. The van der Waals surface area contributed by atoms with Gasteiger partial charge in [-0.2, -0.15) is 9.78 Å². The molecule has 0 fully saturated rings. The molecule has 4 aromatic rings. The van der Waals surface area contributed by atoms with E-state index < -0.39 is 22.7 Å². The first-order valence-electron chi connectivity index (χ1n) is 11.8. The molecule has 3 aromatic heterocycles. The first-order chi connectivity index (χ1) is 17.5. The van der Waals surface area contributed by atoms with Gasteiger partial charge in [-0.05, 0) is 62.9 Å². The summed E-state index contributed by atoms with van der Waals surface area (Å²) in [5.74, 6) is 1.55. The molecule has 1 N–H and O–H groups in total. The molecule has 0 saturated carbocycles. The first kappa shape index (κ1) is 24.6. The van der Waals surface area contributed by atoms with Crippen molar-refractivity contribution >= 4 is 0 Å². The number of halogens is 2. The molecule has 5 rings (SSSR count). The molecule has 0 radical (unpaired) electrons. The molecule has 188 valence electrons. The van der Waals surface area contributed by atoms with Crippen LogP contribution in [0, 0.1) is 29.9 Å². The van der Waals surface area contributed by atoms with Crippen LogP contribution in [0.1, 0.15) is 62.8 Å². The third-order valence-electron chi connectivity index (χ3n) is 7.10. The van der Waals surface area contributed by atoms with Gasteiger partial charge in [-0.25, -0.2) is 23.7 Å². The Kier molecular flexibility index (Phi) is 5.83. The van der Waals surface area contributed by atoms with E-state index in [9.17, 15) is 13.9 Å². The Morgan fingerprint density at radius 2 is 1.89 bits per heavy atom. The molecule has 10 heteroatoms. The van der Waals surface area contributed by atoms with Crippen molar-refractivity contribution in [1.29, 1.82) is 0 Å². The van der Waals surface area contributed by atoms with Gasteiger partial charge in [0.25, 0.3) is 5.95 Å². The van der Waals surface area contributed by atoms with Crippen LogP contribution in [0.3, 0.4) is 0 Å². The number of aromatic nitrogens is 7. The molecule has 1 aliphatic rings. The van der Waals surface area contributed by atoms with Crippen molar-refractivity contribution in [2.75, 3.05) is 0 Å². The summed E-state index contributed by atoms with van der Waals surface area (Å²) in [5.41, 5.74) is -0.193. The molecule has 0 saturated heterocycles. The quantitative estimate of drug-likeness (QED) is 0.420. The number of rotatable bonds is 4. The van der Waals surface area contributed by atoms with E-state index in [1.165, 1.54) is 29.2 Å². The van der Waals surface area contributed by atoms with Crippen LogP contribution >= 0.6 is 0 Å². The maximum atomic E-state index is 14.5. The van der Waals surface area contributed by atoms with Crippen molar-refractivity contribution in [3.05, 3.63) is 77.3 Å². The van der Waals surface area contributed by atoms with E-state index in [2.05, 4.69) is 38.1 Å². The minimum Gasteiger partial charge on any atom is -0.382 e. The lowest BCUT2D eigenvalue weighted by atomic mass is 9.62. The van der Waals surface area contributed by atoms with Gasteiger partial charge in [0, 0.05) is 12.1 Å². The molecular formula is C27H25F2N7O. The summed E-state index contributed by atoms with van der Waals surface area (Å²) >= 11 is 0. The molecule has 8 nitrogen and oxygen atoms in total. The number of nitrogens with zero attached hydrogens (tertiary/aromatic N) is 7.